The Labute approximate surface area is 160 Å². The highest BCUT2D eigenvalue weighted by molar-refractivity contribution is 5.70. The number of nitrogens with zero attached hydrogens (tertiary/aromatic N) is 5. The van der Waals surface area contributed by atoms with Crippen LogP contribution in [-0.4, -0.2) is 30.8 Å². The van der Waals surface area contributed by atoms with Crippen molar-refractivity contribution < 1.29 is 0 Å². The van der Waals surface area contributed by atoms with Crippen LogP contribution in [0.25, 0.3) is 5.65 Å². The van der Waals surface area contributed by atoms with Crippen LogP contribution in [0.5, 0.6) is 0 Å². The number of hydrogen-bond acceptors (Lipinski definition) is 6. The monoisotopic (exact) mass is 367 g/mol. The molecule has 0 saturated heterocycles. The van der Waals surface area contributed by atoms with Crippen LogP contribution in [0.3, 0.4) is 0 Å². The molecule has 0 fully saturated rings. The second kappa shape index (κ2) is 8.79. The molecule has 0 aromatic carbocycles. The van der Waals surface area contributed by atoms with Gasteiger partial charge in [0.15, 0.2) is 5.82 Å². The van der Waals surface area contributed by atoms with Gasteiger partial charge in [-0.25, -0.2) is 0 Å². The van der Waals surface area contributed by atoms with Crippen molar-refractivity contribution in [2.45, 2.75) is 59.5 Å². The van der Waals surface area contributed by atoms with Crippen molar-refractivity contribution in [3.05, 3.63) is 42.0 Å². The predicted octanol–water partition coefficient (Wildman–Crippen LogP) is 3.93. The van der Waals surface area contributed by atoms with Gasteiger partial charge in [0.05, 0.1) is 17.9 Å². The van der Waals surface area contributed by atoms with Gasteiger partial charge in [-0.2, -0.15) is 4.52 Å². The lowest BCUT2D eigenvalue weighted by molar-refractivity contribution is 0.604. The van der Waals surface area contributed by atoms with E-state index in [2.05, 4.69) is 53.5 Å². The number of fused-ring (bicyclic) bond motifs is 1. The molecule has 0 atom stereocenters. The molecule has 0 spiro atoms. The van der Waals surface area contributed by atoms with E-state index in [0.717, 1.165) is 47.9 Å². The number of anilines is 2. The Kier molecular flexibility index (Phi) is 6.21. The number of hydrogen-bond donors (Lipinski definition) is 2. The number of nitrogens with one attached hydrogen (secondary N) is 2. The second-order valence-electron chi connectivity index (χ2n) is 7.23. The topological polar surface area (TPSA) is 80.0 Å². The first kappa shape index (κ1) is 19.1. The van der Waals surface area contributed by atoms with Gasteiger partial charge in [-0.15, -0.1) is 15.3 Å². The number of aromatic nitrogens is 5. The second-order valence-corrected chi connectivity index (χ2v) is 7.23. The van der Waals surface area contributed by atoms with Crippen LogP contribution >= 0.6 is 0 Å². The van der Waals surface area contributed by atoms with Crippen LogP contribution in [0.15, 0.2) is 30.5 Å². The van der Waals surface area contributed by atoms with Gasteiger partial charge >= 0.3 is 0 Å². The highest BCUT2D eigenvalue weighted by Gasteiger charge is 2.15. The fraction of sp³-hybridized carbons (Fsp3) is 0.500. The fourth-order valence-corrected chi connectivity index (χ4v) is 3.01. The average Bonchev–Trinajstić information content (AvgIpc) is 3.07. The predicted molar refractivity (Wildman–Crippen MR) is 109 cm³/mol. The quantitative estimate of drug-likeness (QED) is 0.596. The van der Waals surface area contributed by atoms with E-state index in [9.17, 15) is 0 Å². The third kappa shape index (κ3) is 4.72. The SMILES string of the molecule is CCC(CC)Nc1cc(NCc2ccccn2)c2nnc(CC(C)C)n2n1. The summed E-state index contributed by atoms with van der Waals surface area (Å²) >= 11 is 0. The van der Waals surface area contributed by atoms with E-state index >= 15 is 0 Å². The molecule has 144 valence electrons. The molecule has 0 bridgehead atoms. The molecule has 0 amide bonds. The summed E-state index contributed by atoms with van der Waals surface area (Å²) in [6.45, 7) is 9.34. The Morgan fingerprint density at radius 3 is 2.59 bits per heavy atom. The maximum absolute atomic E-state index is 4.76. The van der Waals surface area contributed by atoms with Gasteiger partial charge in [0.2, 0.25) is 5.65 Å². The molecule has 0 saturated carbocycles. The van der Waals surface area contributed by atoms with Crippen LogP contribution in [0.4, 0.5) is 11.5 Å². The Morgan fingerprint density at radius 2 is 1.93 bits per heavy atom. The number of pyridine rings is 1. The first-order valence-corrected chi connectivity index (χ1v) is 9.76. The average molecular weight is 368 g/mol. The van der Waals surface area contributed by atoms with Crippen LogP contribution in [0.1, 0.15) is 52.1 Å². The molecule has 3 aromatic rings. The van der Waals surface area contributed by atoms with Crippen molar-refractivity contribution in [3.63, 3.8) is 0 Å². The lowest BCUT2D eigenvalue weighted by Gasteiger charge is -2.17. The van der Waals surface area contributed by atoms with E-state index in [4.69, 9.17) is 5.10 Å². The van der Waals surface area contributed by atoms with E-state index in [-0.39, 0.29) is 0 Å². The Balaban J connectivity index is 1.94. The molecule has 0 aliphatic heterocycles. The van der Waals surface area contributed by atoms with Gasteiger partial charge in [-0.05, 0) is 30.9 Å². The van der Waals surface area contributed by atoms with Gasteiger partial charge in [-0.1, -0.05) is 33.8 Å². The summed E-state index contributed by atoms with van der Waals surface area (Å²) in [5, 5.41) is 20.5. The molecule has 27 heavy (non-hydrogen) atoms. The van der Waals surface area contributed by atoms with Gasteiger partial charge in [0.25, 0.3) is 0 Å². The summed E-state index contributed by atoms with van der Waals surface area (Å²) in [6, 6.07) is 8.32. The Hall–Kier alpha value is -2.70. The van der Waals surface area contributed by atoms with E-state index < -0.39 is 0 Å². The molecule has 0 radical (unpaired) electrons. The zero-order chi connectivity index (χ0) is 19.2. The van der Waals surface area contributed by atoms with Crippen molar-refractivity contribution in [2.75, 3.05) is 10.6 Å². The molecule has 0 aliphatic rings. The summed E-state index contributed by atoms with van der Waals surface area (Å²) in [5.41, 5.74) is 2.63. The standard InChI is InChI=1S/C20H29N7/c1-5-15(6-2)23-18-12-17(22-13-16-9-7-8-10-21-16)20-25-24-19(11-14(3)4)27(20)26-18/h7-10,12,14-15,22H,5-6,11,13H2,1-4H3,(H,23,26). The lowest BCUT2D eigenvalue weighted by atomic mass is 10.1. The lowest BCUT2D eigenvalue weighted by Crippen LogP contribution is -2.19. The van der Waals surface area contributed by atoms with Crippen molar-refractivity contribution in [1.82, 2.24) is 24.8 Å². The molecule has 0 unspecified atom stereocenters. The maximum Gasteiger partial charge on any atom is 0.201 e. The highest BCUT2D eigenvalue weighted by Crippen LogP contribution is 2.22. The molecular weight excluding hydrogens is 338 g/mol. The van der Waals surface area contributed by atoms with E-state index in [1.165, 1.54) is 0 Å². The zero-order valence-electron chi connectivity index (χ0n) is 16.6. The summed E-state index contributed by atoms with van der Waals surface area (Å²) in [4.78, 5) is 4.38. The normalized spacial score (nSPS) is 11.5. The van der Waals surface area contributed by atoms with Crippen LogP contribution < -0.4 is 10.6 Å². The molecule has 3 aromatic heterocycles. The highest BCUT2D eigenvalue weighted by atomic mass is 15.4. The Morgan fingerprint density at radius 1 is 1.11 bits per heavy atom. The molecule has 0 aliphatic carbocycles. The molecule has 3 rings (SSSR count). The van der Waals surface area contributed by atoms with Crippen LogP contribution in [0, 0.1) is 5.92 Å². The van der Waals surface area contributed by atoms with Crippen LogP contribution in [0.2, 0.25) is 0 Å². The van der Waals surface area contributed by atoms with Crippen LogP contribution in [-0.2, 0) is 13.0 Å². The molecule has 7 heteroatoms. The number of rotatable bonds is 9. The largest absolute Gasteiger partial charge is 0.376 e. The molecule has 3 heterocycles. The zero-order valence-corrected chi connectivity index (χ0v) is 16.6. The minimum atomic E-state index is 0.392. The van der Waals surface area contributed by atoms with Crippen molar-refractivity contribution >= 4 is 17.2 Å². The van der Waals surface area contributed by atoms with Gasteiger partial charge in [0.1, 0.15) is 5.82 Å². The van der Waals surface area contributed by atoms with Gasteiger partial charge in [-0.3, -0.25) is 4.98 Å². The minimum absolute atomic E-state index is 0.392. The van der Waals surface area contributed by atoms with E-state index in [1.807, 2.05) is 28.8 Å². The smallest absolute Gasteiger partial charge is 0.201 e. The summed E-state index contributed by atoms with van der Waals surface area (Å²) < 4.78 is 1.87. The Bertz CT molecular complexity index is 853. The summed E-state index contributed by atoms with van der Waals surface area (Å²) in [5.74, 6) is 2.21. The van der Waals surface area contributed by atoms with E-state index in [1.54, 1.807) is 6.20 Å². The summed E-state index contributed by atoms with van der Waals surface area (Å²) in [6.07, 6.45) is 4.74. The fourth-order valence-electron chi connectivity index (χ4n) is 3.01. The first-order valence-electron chi connectivity index (χ1n) is 9.76. The van der Waals surface area contributed by atoms with Crippen molar-refractivity contribution in [1.29, 1.82) is 0 Å². The first-order chi connectivity index (χ1) is 13.1. The van der Waals surface area contributed by atoms with Gasteiger partial charge < -0.3 is 10.6 Å². The third-order valence-electron chi connectivity index (χ3n) is 4.55. The third-order valence-corrected chi connectivity index (χ3v) is 4.55. The molecule has 7 nitrogen and oxygen atoms in total. The van der Waals surface area contributed by atoms with E-state index in [0.29, 0.717) is 18.5 Å². The minimum Gasteiger partial charge on any atom is -0.376 e. The molecule has 2 N–H and O–H groups in total. The molecular formula is C20H29N7. The van der Waals surface area contributed by atoms with Crippen molar-refractivity contribution in [3.8, 4) is 0 Å². The van der Waals surface area contributed by atoms with Crippen molar-refractivity contribution in [2.24, 2.45) is 5.92 Å². The summed E-state index contributed by atoms with van der Waals surface area (Å²) in [7, 11) is 0. The van der Waals surface area contributed by atoms with Gasteiger partial charge in [0, 0.05) is 24.7 Å². The maximum atomic E-state index is 4.76.